The molecule has 0 atom stereocenters. The van der Waals surface area contributed by atoms with Crippen molar-refractivity contribution < 1.29 is 9.18 Å². The van der Waals surface area contributed by atoms with Gasteiger partial charge in [-0.25, -0.2) is 4.39 Å². The maximum absolute atomic E-state index is 14.6. The zero-order valence-electron chi connectivity index (χ0n) is 13.6. The molecule has 23 heavy (non-hydrogen) atoms. The molecule has 1 aromatic heterocycles. The first-order chi connectivity index (χ1) is 11.0. The van der Waals surface area contributed by atoms with Crippen LogP contribution in [-0.4, -0.2) is 41.0 Å². The quantitative estimate of drug-likeness (QED) is 0.910. The van der Waals surface area contributed by atoms with Crippen LogP contribution in [0.25, 0.3) is 10.9 Å². The van der Waals surface area contributed by atoms with Gasteiger partial charge < -0.3 is 10.6 Å². The lowest BCUT2D eigenvalue weighted by atomic mass is 9.94. The van der Waals surface area contributed by atoms with Gasteiger partial charge in [0.25, 0.3) is 5.91 Å². The molecule has 2 aromatic rings. The average molecular weight is 318 g/mol. The number of alkyl halides is 1. The lowest BCUT2D eigenvalue weighted by Crippen LogP contribution is -2.46. The molecule has 2 N–H and O–H groups in total. The number of fused-ring (bicyclic) bond motifs is 1. The minimum absolute atomic E-state index is 0.0504. The fourth-order valence-electron chi connectivity index (χ4n) is 2.90. The van der Waals surface area contributed by atoms with E-state index in [0.717, 1.165) is 5.39 Å². The van der Waals surface area contributed by atoms with E-state index in [0.29, 0.717) is 37.0 Å². The summed E-state index contributed by atoms with van der Waals surface area (Å²) in [6, 6.07) is 5.73. The first-order valence-corrected chi connectivity index (χ1v) is 8.14. The van der Waals surface area contributed by atoms with E-state index in [9.17, 15) is 9.18 Å². The molecule has 1 aromatic carbocycles. The molecule has 0 bridgehead atoms. The van der Waals surface area contributed by atoms with E-state index in [1.165, 1.54) is 0 Å². The van der Waals surface area contributed by atoms with Crippen LogP contribution in [0.5, 0.6) is 0 Å². The van der Waals surface area contributed by atoms with Gasteiger partial charge in [0.05, 0.1) is 12.1 Å². The third kappa shape index (κ3) is 3.37. The molecule has 0 spiro atoms. The minimum Gasteiger partial charge on any atom is -0.349 e. The topological polar surface area (TPSA) is 59.0 Å². The Morgan fingerprint density at radius 1 is 1.43 bits per heavy atom. The third-order valence-electron chi connectivity index (χ3n) is 4.39. The van der Waals surface area contributed by atoms with Crippen molar-refractivity contribution in [1.29, 1.82) is 0 Å². The molecule has 6 heteroatoms. The number of hydrogen-bond acceptors (Lipinski definition) is 3. The van der Waals surface area contributed by atoms with Crippen LogP contribution in [0.15, 0.2) is 24.4 Å². The van der Waals surface area contributed by atoms with Gasteiger partial charge in [-0.3, -0.25) is 9.48 Å². The van der Waals surface area contributed by atoms with Crippen molar-refractivity contribution in [1.82, 2.24) is 20.4 Å². The van der Waals surface area contributed by atoms with Crippen LogP contribution < -0.4 is 10.6 Å². The predicted molar refractivity (Wildman–Crippen MR) is 88.4 cm³/mol. The van der Waals surface area contributed by atoms with Gasteiger partial charge in [-0.05, 0) is 45.8 Å². The van der Waals surface area contributed by atoms with Crippen molar-refractivity contribution in [3.05, 3.63) is 30.0 Å². The second-order valence-electron chi connectivity index (χ2n) is 6.53. The Morgan fingerprint density at radius 3 is 2.87 bits per heavy atom. The number of aromatic nitrogens is 2. The molecule has 0 saturated carbocycles. The fraction of sp³-hybridized carbons (Fsp3) is 0.529. The van der Waals surface area contributed by atoms with E-state index >= 15 is 0 Å². The Hall–Kier alpha value is -1.95. The number of amides is 1. The largest absolute Gasteiger partial charge is 0.349 e. The molecule has 1 fully saturated rings. The number of hydrogen-bond donors (Lipinski definition) is 2. The van der Waals surface area contributed by atoms with Gasteiger partial charge in [0.1, 0.15) is 11.2 Å². The van der Waals surface area contributed by atoms with Gasteiger partial charge in [0.15, 0.2) is 0 Å². The molecule has 124 valence electrons. The van der Waals surface area contributed by atoms with Gasteiger partial charge in [-0.2, -0.15) is 5.10 Å². The van der Waals surface area contributed by atoms with E-state index in [1.807, 2.05) is 36.9 Å². The van der Waals surface area contributed by atoms with Crippen LogP contribution in [-0.2, 0) is 0 Å². The van der Waals surface area contributed by atoms with E-state index < -0.39 is 5.67 Å². The van der Waals surface area contributed by atoms with Gasteiger partial charge in [-0.1, -0.05) is 12.1 Å². The zero-order valence-corrected chi connectivity index (χ0v) is 13.6. The van der Waals surface area contributed by atoms with Crippen LogP contribution in [0.2, 0.25) is 0 Å². The zero-order chi connectivity index (χ0) is 16.4. The van der Waals surface area contributed by atoms with Crippen LogP contribution >= 0.6 is 0 Å². The Labute approximate surface area is 135 Å². The Bertz CT molecular complexity index is 704. The first-order valence-electron chi connectivity index (χ1n) is 8.14. The standard InChI is InChI=1S/C17H23FN4O/c1-12(2)22-10-13-4-3-5-14(15(13)21-22)16(23)20-11-17(18)6-8-19-9-7-17/h3-5,10,12,19H,6-9,11H2,1-2H3,(H,20,23). The molecule has 3 rings (SSSR count). The highest BCUT2D eigenvalue weighted by Crippen LogP contribution is 2.23. The summed E-state index contributed by atoms with van der Waals surface area (Å²) in [6.07, 6.45) is 2.79. The van der Waals surface area contributed by atoms with E-state index in [4.69, 9.17) is 0 Å². The van der Waals surface area contributed by atoms with Crippen LogP contribution in [0.3, 0.4) is 0 Å². The molecule has 1 amide bonds. The molecule has 1 aliphatic heterocycles. The number of piperidine rings is 1. The average Bonchev–Trinajstić information content (AvgIpc) is 2.98. The number of benzene rings is 1. The molecule has 0 radical (unpaired) electrons. The fourth-order valence-corrected chi connectivity index (χ4v) is 2.90. The number of carbonyl (C=O) groups is 1. The molecule has 1 aliphatic rings. The van der Waals surface area contributed by atoms with Gasteiger partial charge in [0, 0.05) is 17.6 Å². The number of halogens is 1. The first kappa shape index (κ1) is 15.9. The molecular formula is C17H23FN4O. The lowest BCUT2D eigenvalue weighted by molar-refractivity contribution is 0.0838. The summed E-state index contributed by atoms with van der Waals surface area (Å²) in [4.78, 5) is 12.5. The smallest absolute Gasteiger partial charge is 0.253 e. The van der Waals surface area contributed by atoms with Crippen LogP contribution in [0.1, 0.15) is 43.1 Å². The van der Waals surface area contributed by atoms with Crippen molar-refractivity contribution in [3.8, 4) is 0 Å². The van der Waals surface area contributed by atoms with Gasteiger partial charge in [-0.15, -0.1) is 0 Å². The van der Waals surface area contributed by atoms with Crippen LogP contribution in [0.4, 0.5) is 4.39 Å². The summed E-state index contributed by atoms with van der Waals surface area (Å²) < 4.78 is 16.4. The lowest BCUT2D eigenvalue weighted by Gasteiger charge is -2.30. The Kier molecular flexibility index (Phi) is 4.35. The summed E-state index contributed by atoms with van der Waals surface area (Å²) in [5.74, 6) is -0.264. The maximum Gasteiger partial charge on any atom is 0.253 e. The molecule has 2 heterocycles. The number of nitrogens with zero attached hydrogens (tertiary/aromatic N) is 2. The summed E-state index contributed by atoms with van der Waals surface area (Å²) in [7, 11) is 0. The molecule has 0 unspecified atom stereocenters. The Morgan fingerprint density at radius 2 is 2.17 bits per heavy atom. The molecular weight excluding hydrogens is 295 g/mol. The predicted octanol–water partition coefficient (Wildman–Crippen LogP) is 2.44. The second-order valence-corrected chi connectivity index (χ2v) is 6.53. The number of nitrogens with one attached hydrogen (secondary N) is 2. The highest BCUT2D eigenvalue weighted by molar-refractivity contribution is 6.05. The molecule has 1 saturated heterocycles. The van der Waals surface area contributed by atoms with Crippen molar-refractivity contribution in [2.45, 2.75) is 38.4 Å². The summed E-state index contributed by atoms with van der Waals surface area (Å²) in [6.45, 7) is 5.43. The van der Waals surface area contributed by atoms with E-state index in [2.05, 4.69) is 15.7 Å². The SMILES string of the molecule is CC(C)n1cc2cccc(C(=O)NCC3(F)CCNCC3)c2n1. The number of carbonyl (C=O) groups excluding carboxylic acids is 1. The summed E-state index contributed by atoms with van der Waals surface area (Å²) in [5, 5.41) is 11.3. The van der Waals surface area contributed by atoms with Gasteiger partial charge >= 0.3 is 0 Å². The molecule has 5 nitrogen and oxygen atoms in total. The normalized spacial score (nSPS) is 17.6. The Balaban J connectivity index is 1.78. The van der Waals surface area contributed by atoms with Crippen molar-refractivity contribution in [2.75, 3.05) is 19.6 Å². The second kappa shape index (κ2) is 6.28. The maximum atomic E-state index is 14.6. The van der Waals surface area contributed by atoms with E-state index in [1.54, 1.807) is 6.07 Å². The third-order valence-corrected chi connectivity index (χ3v) is 4.39. The van der Waals surface area contributed by atoms with E-state index in [-0.39, 0.29) is 18.5 Å². The number of rotatable bonds is 4. The highest BCUT2D eigenvalue weighted by Gasteiger charge is 2.32. The van der Waals surface area contributed by atoms with Crippen LogP contribution in [0, 0.1) is 0 Å². The minimum atomic E-state index is -1.31. The summed E-state index contributed by atoms with van der Waals surface area (Å²) in [5.41, 5.74) is -0.150. The van der Waals surface area contributed by atoms with Gasteiger partial charge in [0.2, 0.25) is 0 Å². The monoisotopic (exact) mass is 318 g/mol. The highest BCUT2D eigenvalue weighted by atomic mass is 19.1. The van der Waals surface area contributed by atoms with Crippen molar-refractivity contribution >= 4 is 16.8 Å². The van der Waals surface area contributed by atoms with Crippen molar-refractivity contribution in [2.24, 2.45) is 0 Å². The summed E-state index contributed by atoms with van der Waals surface area (Å²) >= 11 is 0. The molecule has 0 aliphatic carbocycles. The van der Waals surface area contributed by atoms with Crippen molar-refractivity contribution in [3.63, 3.8) is 0 Å².